The van der Waals surface area contributed by atoms with Crippen LogP contribution >= 0.6 is 11.8 Å². The first-order chi connectivity index (χ1) is 14.1. The Labute approximate surface area is 178 Å². The van der Waals surface area contributed by atoms with Crippen LogP contribution in [0.25, 0.3) is 6.08 Å². The van der Waals surface area contributed by atoms with Gasteiger partial charge in [-0.2, -0.15) is 0 Å². The second-order valence-electron chi connectivity index (χ2n) is 7.29. The van der Waals surface area contributed by atoms with Gasteiger partial charge in [0.25, 0.3) is 0 Å². The molecular formula is C25H32O3S. The van der Waals surface area contributed by atoms with Crippen molar-refractivity contribution < 1.29 is 15.0 Å². The van der Waals surface area contributed by atoms with Crippen LogP contribution in [0.1, 0.15) is 74.2 Å². The fourth-order valence-corrected chi connectivity index (χ4v) is 4.00. The van der Waals surface area contributed by atoms with Crippen molar-refractivity contribution in [3.8, 4) is 11.5 Å². The molecule has 0 spiro atoms. The Morgan fingerprint density at radius 1 is 0.897 bits per heavy atom. The average Bonchev–Trinajstić information content (AvgIpc) is 2.71. The van der Waals surface area contributed by atoms with Gasteiger partial charge in [0.15, 0.2) is 5.78 Å². The van der Waals surface area contributed by atoms with Gasteiger partial charge in [-0.1, -0.05) is 70.1 Å². The van der Waals surface area contributed by atoms with Crippen molar-refractivity contribution in [1.82, 2.24) is 0 Å². The van der Waals surface area contributed by atoms with Crippen molar-refractivity contribution in [2.45, 2.75) is 63.2 Å². The Morgan fingerprint density at radius 3 is 2.21 bits per heavy atom. The third-order valence-electron chi connectivity index (χ3n) is 4.82. The summed E-state index contributed by atoms with van der Waals surface area (Å²) in [6.07, 6.45) is 13.9. The number of thioether (sulfide) groups is 1. The van der Waals surface area contributed by atoms with Crippen LogP contribution in [0.4, 0.5) is 0 Å². The normalized spacial score (nSPS) is 11.2. The van der Waals surface area contributed by atoms with Gasteiger partial charge in [-0.3, -0.25) is 4.79 Å². The monoisotopic (exact) mass is 412 g/mol. The van der Waals surface area contributed by atoms with Gasteiger partial charge in [-0.25, -0.2) is 0 Å². The Bertz CT molecular complexity index is 781. The zero-order valence-corrected chi connectivity index (χ0v) is 18.1. The standard InChI is InChI=1S/C25H32O3S/c1-2-3-4-5-6-7-8-9-18-29-22-14-10-20(11-15-22)12-17-24(27)23-16-13-21(26)19-25(23)28/h10-17,19,26,28H,2-9,18H2,1H3. The van der Waals surface area contributed by atoms with Gasteiger partial charge in [0.1, 0.15) is 11.5 Å². The minimum absolute atomic E-state index is 0.0666. The first kappa shape index (κ1) is 23.1. The minimum atomic E-state index is -0.296. The first-order valence-electron chi connectivity index (χ1n) is 10.6. The highest BCUT2D eigenvalue weighted by Gasteiger charge is 2.08. The van der Waals surface area contributed by atoms with Gasteiger partial charge >= 0.3 is 0 Å². The Morgan fingerprint density at radius 2 is 1.55 bits per heavy atom. The topological polar surface area (TPSA) is 57.5 Å². The molecule has 0 aliphatic heterocycles. The van der Waals surface area contributed by atoms with E-state index in [1.807, 2.05) is 23.9 Å². The minimum Gasteiger partial charge on any atom is -0.508 e. The third kappa shape index (κ3) is 8.78. The zero-order chi connectivity index (χ0) is 20.9. The molecule has 0 radical (unpaired) electrons. The number of benzene rings is 2. The largest absolute Gasteiger partial charge is 0.508 e. The van der Waals surface area contributed by atoms with Crippen molar-refractivity contribution in [3.05, 3.63) is 59.7 Å². The molecule has 0 aromatic heterocycles. The average molecular weight is 413 g/mol. The molecular weight excluding hydrogens is 380 g/mol. The van der Waals surface area contributed by atoms with Crippen LogP contribution in [0.3, 0.4) is 0 Å². The number of hydrogen-bond donors (Lipinski definition) is 2. The van der Waals surface area contributed by atoms with Gasteiger partial charge in [-0.15, -0.1) is 11.8 Å². The summed E-state index contributed by atoms with van der Waals surface area (Å²) in [6, 6.07) is 12.1. The van der Waals surface area contributed by atoms with Gasteiger partial charge in [0, 0.05) is 11.0 Å². The van der Waals surface area contributed by atoms with E-state index in [2.05, 4.69) is 19.1 Å². The maximum absolute atomic E-state index is 12.2. The van der Waals surface area contributed by atoms with Gasteiger partial charge in [0.2, 0.25) is 0 Å². The lowest BCUT2D eigenvalue weighted by molar-refractivity contribution is 0.104. The van der Waals surface area contributed by atoms with Crippen molar-refractivity contribution in [3.63, 3.8) is 0 Å². The molecule has 156 valence electrons. The molecule has 3 nitrogen and oxygen atoms in total. The Balaban J connectivity index is 1.70. The molecule has 0 amide bonds. The fourth-order valence-electron chi connectivity index (χ4n) is 3.09. The van der Waals surface area contributed by atoms with Crippen molar-refractivity contribution in [1.29, 1.82) is 0 Å². The summed E-state index contributed by atoms with van der Waals surface area (Å²) in [5, 5.41) is 19.1. The highest BCUT2D eigenvalue weighted by molar-refractivity contribution is 7.99. The first-order valence-corrected chi connectivity index (χ1v) is 11.6. The summed E-state index contributed by atoms with van der Waals surface area (Å²) in [4.78, 5) is 13.4. The van der Waals surface area contributed by atoms with E-state index in [0.29, 0.717) is 0 Å². The van der Waals surface area contributed by atoms with E-state index in [4.69, 9.17) is 0 Å². The zero-order valence-electron chi connectivity index (χ0n) is 17.3. The number of hydrogen-bond acceptors (Lipinski definition) is 4. The Kier molecular flexibility index (Phi) is 10.4. The molecule has 2 aromatic carbocycles. The van der Waals surface area contributed by atoms with Crippen LogP contribution in [-0.4, -0.2) is 21.7 Å². The van der Waals surface area contributed by atoms with Crippen molar-refractivity contribution in [2.75, 3.05) is 5.75 Å². The molecule has 0 bridgehead atoms. The molecule has 4 heteroatoms. The highest BCUT2D eigenvalue weighted by atomic mass is 32.2. The van der Waals surface area contributed by atoms with Crippen LogP contribution in [-0.2, 0) is 0 Å². The molecule has 0 heterocycles. The van der Waals surface area contributed by atoms with E-state index in [1.165, 1.54) is 80.5 Å². The number of ketones is 1. The number of allylic oxidation sites excluding steroid dienone is 1. The van der Waals surface area contributed by atoms with Gasteiger partial charge in [0.05, 0.1) is 5.56 Å². The number of phenols is 2. The number of aromatic hydroxyl groups is 2. The predicted molar refractivity (Wildman–Crippen MR) is 123 cm³/mol. The number of rotatable bonds is 13. The summed E-state index contributed by atoms with van der Waals surface area (Å²) in [5.74, 6) is 0.564. The van der Waals surface area contributed by atoms with Crippen LogP contribution < -0.4 is 0 Å². The summed E-state index contributed by atoms with van der Waals surface area (Å²) in [5.41, 5.74) is 1.12. The van der Waals surface area contributed by atoms with E-state index in [1.54, 1.807) is 6.08 Å². The quantitative estimate of drug-likeness (QED) is 0.158. The lowest BCUT2D eigenvalue weighted by Crippen LogP contribution is -1.94. The van der Waals surface area contributed by atoms with E-state index < -0.39 is 0 Å². The third-order valence-corrected chi connectivity index (χ3v) is 5.92. The van der Waals surface area contributed by atoms with E-state index >= 15 is 0 Å². The Hall–Kier alpha value is -2.20. The molecule has 29 heavy (non-hydrogen) atoms. The molecule has 0 saturated heterocycles. The van der Waals surface area contributed by atoms with E-state index in [9.17, 15) is 15.0 Å². The molecule has 0 aliphatic carbocycles. The van der Waals surface area contributed by atoms with Crippen LogP contribution in [0.15, 0.2) is 53.4 Å². The molecule has 0 aliphatic rings. The second kappa shape index (κ2) is 13.1. The summed E-state index contributed by atoms with van der Waals surface area (Å²) < 4.78 is 0. The van der Waals surface area contributed by atoms with Crippen molar-refractivity contribution in [2.24, 2.45) is 0 Å². The molecule has 2 aromatic rings. The lowest BCUT2D eigenvalue weighted by Gasteiger charge is -2.04. The number of phenolic OH excluding ortho intramolecular Hbond substituents is 2. The second-order valence-corrected chi connectivity index (χ2v) is 8.46. The van der Waals surface area contributed by atoms with E-state index in [0.717, 1.165) is 11.3 Å². The number of carbonyl (C=O) groups is 1. The summed E-state index contributed by atoms with van der Waals surface area (Å²) in [7, 11) is 0. The SMILES string of the molecule is CCCCCCCCCCSc1ccc(C=CC(=O)c2ccc(O)cc2O)cc1. The maximum Gasteiger partial charge on any atom is 0.189 e. The molecule has 0 atom stereocenters. The van der Waals surface area contributed by atoms with Crippen LogP contribution in [0.2, 0.25) is 0 Å². The summed E-state index contributed by atoms with van der Waals surface area (Å²) in [6.45, 7) is 2.25. The molecule has 0 fully saturated rings. The van der Waals surface area contributed by atoms with E-state index in [-0.39, 0.29) is 22.8 Å². The summed E-state index contributed by atoms with van der Waals surface area (Å²) >= 11 is 1.88. The lowest BCUT2D eigenvalue weighted by atomic mass is 10.1. The van der Waals surface area contributed by atoms with Gasteiger partial charge in [-0.05, 0) is 48.1 Å². The predicted octanol–water partition coefficient (Wildman–Crippen LogP) is 7.23. The van der Waals surface area contributed by atoms with Gasteiger partial charge < -0.3 is 10.2 Å². The molecule has 2 N–H and O–H groups in total. The highest BCUT2D eigenvalue weighted by Crippen LogP contribution is 2.24. The molecule has 0 saturated carbocycles. The van der Waals surface area contributed by atoms with Crippen LogP contribution in [0.5, 0.6) is 11.5 Å². The van der Waals surface area contributed by atoms with Crippen LogP contribution in [0, 0.1) is 0 Å². The van der Waals surface area contributed by atoms with Crippen molar-refractivity contribution >= 4 is 23.6 Å². The smallest absolute Gasteiger partial charge is 0.189 e. The number of carbonyl (C=O) groups excluding carboxylic acids is 1. The molecule has 0 unspecified atom stereocenters. The fraction of sp³-hybridized carbons (Fsp3) is 0.400. The number of unbranched alkanes of at least 4 members (excludes halogenated alkanes) is 7. The maximum atomic E-state index is 12.2. The molecule has 2 rings (SSSR count).